The summed E-state index contributed by atoms with van der Waals surface area (Å²) < 4.78 is 56.4. The van der Waals surface area contributed by atoms with Gasteiger partial charge < -0.3 is 18.9 Å². The lowest BCUT2D eigenvalue weighted by atomic mass is 10.2. The monoisotopic (exact) mass is 383 g/mol. The Bertz CT molecular complexity index is 849. The molecule has 0 N–H and O–H groups in total. The van der Waals surface area contributed by atoms with Crippen molar-refractivity contribution >= 4 is 12.0 Å². The number of ether oxygens (including phenoxy) is 4. The van der Waals surface area contributed by atoms with Crippen LogP contribution in [0.15, 0.2) is 36.5 Å². The molecule has 2 rings (SSSR count). The average molecular weight is 383 g/mol. The zero-order chi connectivity index (χ0) is 20.0. The molecule has 0 atom stereocenters. The third-order valence-corrected chi connectivity index (χ3v) is 3.22. The Kier molecular flexibility index (Phi) is 6.27. The van der Waals surface area contributed by atoms with E-state index in [4.69, 9.17) is 14.2 Å². The number of aromatic nitrogens is 1. The Morgan fingerprint density at radius 2 is 1.85 bits per heavy atom. The molecule has 0 radical (unpaired) electrons. The molecule has 2 aromatic rings. The smallest absolute Gasteiger partial charge is 0.493 e. The van der Waals surface area contributed by atoms with Crippen molar-refractivity contribution in [3.05, 3.63) is 47.8 Å². The fourth-order valence-corrected chi connectivity index (χ4v) is 2.11. The molecule has 9 heteroatoms. The maximum absolute atomic E-state index is 12.4. The first kappa shape index (κ1) is 20.1. The van der Waals surface area contributed by atoms with Gasteiger partial charge in [0.25, 0.3) is 0 Å². The van der Waals surface area contributed by atoms with Gasteiger partial charge in [-0.15, -0.1) is 13.2 Å². The van der Waals surface area contributed by atoms with Crippen LogP contribution in [0.3, 0.4) is 0 Å². The fraction of sp³-hybridized carbons (Fsp3) is 0.222. The molecule has 0 fully saturated rings. The van der Waals surface area contributed by atoms with E-state index in [9.17, 15) is 18.0 Å². The minimum absolute atomic E-state index is 0.0167. The number of allylic oxidation sites excluding steroid dienone is 1. The van der Waals surface area contributed by atoms with Crippen molar-refractivity contribution in [3.8, 4) is 23.0 Å². The van der Waals surface area contributed by atoms with Crippen molar-refractivity contribution in [1.29, 1.82) is 0 Å². The van der Waals surface area contributed by atoms with Crippen LogP contribution in [0, 0.1) is 0 Å². The minimum atomic E-state index is -4.84. The molecule has 1 aromatic heterocycles. The first-order valence-electron chi connectivity index (χ1n) is 7.60. The number of methoxy groups -OCH3 is 2. The van der Waals surface area contributed by atoms with Crippen LogP contribution in [0.2, 0.25) is 0 Å². The number of hydrogen-bond acceptors (Lipinski definition) is 6. The minimum Gasteiger partial charge on any atom is -0.493 e. The summed E-state index contributed by atoms with van der Waals surface area (Å²) in [5.41, 5.74) is 0.555. The second-order valence-electron chi connectivity index (χ2n) is 5.06. The number of carbonyl (C=O) groups is 1. The average Bonchev–Trinajstić information content (AvgIpc) is 2.61. The number of alkyl halides is 3. The van der Waals surface area contributed by atoms with Crippen molar-refractivity contribution in [2.24, 2.45) is 0 Å². The standard InChI is InChI=1S/C18H16F3NO5/c1-4-5-11-8-15(13(10-22-11)17(23)25-3)26-14-7-6-12(9-16(14)24-2)27-18(19,20)21/h4-10H,1-3H3/b5-4+. The van der Waals surface area contributed by atoms with Crippen molar-refractivity contribution in [1.82, 2.24) is 4.98 Å². The van der Waals surface area contributed by atoms with Crippen LogP contribution in [0.25, 0.3) is 6.08 Å². The fourth-order valence-electron chi connectivity index (χ4n) is 2.11. The highest BCUT2D eigenvalue weighted by atomic mass is 19.4. The SMILES string of the molecule is C/C=C/c1cc(Oc2ccc(OC(F)(F)F)cc2OC)c(C(=O)OC)cn1. The van der Waals surface area contributed by atoms with E-state index in [-0.39, 0.29) is 22.8 Å². The molecule has 0 aliphatic heterocycles. The molecule has 0 spiro atoms. The van der Waals surface area contributed by atoms with E-state index >= 15 is 0 Å². The Morgan fingerprint density at radius 3 is 2.44 bits per heavy atom. The van der Waals surface area contributed by atoms with Gasteiger partial charge in [0.15, 0.2) is 11.5 Å². The maximum atomic E-state index is 12.4. The molecule has 1 heterocycles. The third-order valence-electron chi connectivity index (χ3n) is 3.22. The highest BCUT2D eigenvalue weighted by molar-refractivity contribution is 5.92. The van der Waals surface area contributed by atoms with E-state index < -0.39 is 18.1 Å². The van der Waals surface area contributed by atoms with Crippen LogP contribution in [-0.2, 0) is 4.74 Å². The van der Waals surface area contributed by atoms with E-state index in [0.29, 0.717) is 5.69 Å². The second kappa shape index (κ2) is 8.43. The topological polar surface area (TPSA) is 66.9 Å². The van der Waals surface area contributed by atoms with Crippen LogP contribution in [0.5, 0.6) is 23.0 Å². The summed E-state index contributed by atoms with van der Waals surface area (Å²) >= 11 is 0. The predicted octanol–water partition coefficient (Wildman–Crippen LogP) is 4.60. The Morgan fingerprint density at radius 1 is 1.11 bits per heavy atom. The van der Waals surface area contributed by atoms with Gasteiger partial charge in [-0.3, -0.25) is 4.98 Å². The summed E-state index contributed by atoms with van der Waals surface area (Å²) in [6.07, 6.45) is -0.124. The number of hydrogen-bond donors (Lipinski definition) is 0. The number of nitrogens with zero attached hydrogens (tertiary/aromatic N) is 1. The van der Waals surface area contributed by atoms with Gasteiger partial charge in [-0.2, -0.15) is 0 Å². The molecule has 0 saturated carbocycles. The molecule has 6 nitrogen and oxygen atoms in total. The van der Waals surface area contributed by atoms with Crippen molar-refractivity contribution < 1.29 is 36.9 Å². The molecule has 0 amide bonds. The van der Waals surface area contributed by atoms with Gasteiger partial charge in [-0.25, -0.2) is 4.79 Å². The van der Waals surface area contributed by atoms with E-state index in [1.165, 1.54) is 32.5 Å². The van der Waals surface area contributed by atoms with Crippen LogP contribution in [0.4, 0.5) is 13.2 Å². The summed E-state index contributed by atoms with van der Waals surface area (Å²) in [6, 6.07) is 4.81. The summed E-state index contributed by atoms with van der Waals surface area (Å²) in [5.74, 6) is -0.982. The molecule has 1 aromatic carbocycles. The number of esters is 1. The van der Waals surface area contributed by atoms with E-state index in [1.54, 1.807) is 19.1 Å². The van der Waals surface area contributed by atoms with E-state index in [2.05, 4.69) is 9.72 Å². The summed E-state index contributed by atoms with van der Waals surface area (Å²) in [7, 11) is 2.47. The van der Waals surface area contributed by atoms with Crippen LogP contribution < -0.4 is 14.2 Å². The van der Waals surface area contributed by atoms with E-state index in [1.807, 2.05) is 0 Å². The molecule has 0 unspecified atom stereocenters. The van der Waals surface area contributed by atoms with Gasteiger partial charge in [0.05, 0.1) is 19.9 Å². The third kappa shape index (κ3) is 5.37. The van der Waals surface area contributed by atoms with Gasteiger partial charge in [0, 0.05) is 18.3 Å². The number of carbonyl (C=O) groups excluding carboxylic acids is 1. The number of rotatable bonds is 6. The van der Waals surface area contributed by atoms with Gasteiger partial charge in [0.1, 0.15) is 17.1 Å². The van der Waals surface area contributed by atoms with Gasteiger partial charge in [0.2, 0.25) is 0 Å². The normalized spacial score (nSPS) is 11.3. The largest absolute Gasteiger partial charge is 0.573 e. The van der Waals surface area contributed by atoms with Crippen LogP contribution >= 0.6 is 0 Å². The number of pyridine rings is 1. The summed E-state index contributed by atoms with van der Waals surface area (Å²) in [6.45, 7) is 1.79. The number of benzene rings is 1. The Labute approximate surface area is 153 Å². The van der Waals surface area contributed by atoms with Crippen LogP contribution in [0.1, 0.15) is 23.0 Å². The van der Waals surface area contributed by atoms with Gasteiger partial charge in [-0.05, 0) is 25.1 Å². The number of halogens is 3. The zero-order valence-corrected chi connectivity index (χ0v) is 14.7. The van der Waals surface area contributed by atoms with Crippen molar-refractivity contribution in [2.75, 3.05) is 14.2 Å². The second-order valence-corrected chi connectivity index (χ2v) is 5.06. The van der Waals surface area contributed by atoms with Gasteiger partial charge in [-0.1, -0.05) is 6.08 Å². The maximum Gasteiger partial charge on any atom is 0.573 e. The molecular formula is C18H16F3NO5. The molecule has 0 aliphatic rings. The van der Waals surface area contributed by atoms with Crippen LogP contribution in [-0.4, -0.2) is 31.5 Å². The molecule has 0 bridgehead atoms. The summed E-state index contributed by atoms with van der Waals surface area (Å²) in [4.78, 5) is 16.0. The highest BCUT2D eigenvalue weighted by Crippen LogP contribution is 2.37. The molecule has 144 valence electrons. The lowest BCUT2D eigenvalue weighted by molar-refractivity contribution is -0.274. The first-order valence-corrected chi connectivity index (χ1v) is 7.60. The van der Waals surface area contributed by atoms with Crippen molar-refractivity contribution in [2.45, 2.75) is 13.3 Å². The zero-order valence-electron chi connectivity index (χ0n) is 14.7. The Balaban J connectivity index is 2.42. The van der Waals surface area contributed by atoms with E-state index in [0.717, 1.165) is 12.1 Å². The summed E-state index contributed by atoms with van der Waals surface area (Å²) in [5, 5.41) is 0. The lowest BCUT2D eigenvalue weighted by Gasteiger charge is -2.15. The first-order chi connectivity index (χ1) is 12.8. The quantitative estimate of drug-likeness (QED) is 0.679. The van der Waals surface area contributed by atoms with Crippen molar-refractivity contribution in [3.63, 3.8) is 0 Å². The van der Waals surface area contributed by atoms with Gasteiger partial charge >= 0.3 is 12.3 Å². The molecule has 27 heavy (non-hydrogen) atoms. The molecular weight excluding hydrogens is 367 g/mol. The predicted molar refractivity (Wildman–Crippen MR) is 90.0 cm³/mol. The lowest BCUT2D eigenvalue weighted by Crippen LogP contribution is -2.17. The Hall–Kier alpha value is -3.23. The molecule has 0 saturated heterocycles. The highest BCUT2D eigenvalue weighted by Gasteiger charge is 2.31. The molecule has 0 aliphatic carbocycles.